The second-order valence-corrected chi connectivity index (χ2v) is 18.2. The van der Waals surface area contributed by atoms with Gasteiger partial charge in [0, 0.05) is 44.4 Å². The lowest BCUT2D eigenvalue weighted by Gasteiger charge is -2.66. The SMILES string of the molecule is CC/C=C\C/C=C\C/C=C\C/C=C\C/C=C\C/C=C\CCC(=O)OC(C(=O)OC1C[C@@]2(O)[C@@H](OC(C)=O)[C@@H]3[C@]4(O)CO[C@@H]4C[C@H](O)[C@@]3(C)C(=O)[C@H](O)C(=C1C)C2(C)C)[C@H](C)NC(C)=O. The first kappa shape index (κ1) is 52.2. The first-order valence-corrected chi connectivity index (χ1v) is 22.6. The Labute approximate surface area is 378 Å². The molecule has 2 unspecified atom stereocenters. The first-order chi connectivity index (χ1) is 30.2. The Morgan fingerprint density at radius 2 is 1.38 bits per heavy atom. The normalized spacial score (nSPS) is 32.3. The Balaban J connectivity index is 1.44. The van der Waals surface area contributed by atoms with Gasteiger partial charge < -0.3 is 44.7 Å². The van der Waals surface area contributed by atoms with Gasteiger partial charge in [0.1, 0.15) is 29.5 Å². The third-order valence-corrected chi connectivity index (χ3v) is 13.4. The molecule has 1 aliphatic heterocycles. The summed E-state index contributed by atoms with van der Waals surface area (Å²) in [6.07, 6.45) is 20.8. The molecule has 0 aromatic carbocycles. The third-order valence-electron chi connectivity index (χ3n) is 13.4. The lowest BCUT2D eigenvalue weighted by Crippen LogP contribution is -2.81. The topological polar surface area (TPSA) is 215 Å². The van der Waals surface area contributed by atoms with Crippen LogP contribution >= 0.6 is 0 Å². The van der Waals surface area contributed by atoms with E-state index in [0.717, 1.165) is 39.0 Å². The zero-order chi connectivity index (χ0) is 47.5. The zero-order valence-corrected chi connectivity index (χ0v) is 38.8. The van der Waals surface area contributed by atoms with E-state index in [9.17, 15) is 44.4 Å². The molecule has 64 heavy (non-hydrogen) atoms. The summed E-state index contributed by atoms with van der Waals surface area (Å²) in [7, 11) is 0. The summed E-state index contributed by atoms with van der Waals surface area (Å²) in [6.45, 7) is 11.6. The van der Waals surface area contributed by atoms with Gasteiger partial charge in [0.25, 0.3) is 0 Å². The molecule has 11 atom stereocenters. The van der Waals surface area contributed by atoms with Crippen molar-refractivity contribution in [2.45, 2.75) is 173 Å². The maximum Gasteiger partial charge on any atom is 0.350 e. The van der Waals surface area contributed by atoms with Crippen LogP contribution in [0.1, 0.15) is 120 Å². The van der Waals surface area contributed by atoms with Gasteiger partial charge in [-0.2, -0.15) is 0 Å². The molecule has 4 aliphatic rings. The van der Waals surface area contributed by atoms with Crippen molar-refractivity contribution < 1.29 is 63.3 Å². The third kappa shape index (κ3) is 11.5. The number of amides is 1. The van der Waals surface area contributed by atoms with E-state index in [1.165, 1.54) is 27.7 Å². The highest BCUT2D eigenvalue weighted by Crippen LogP contribution is 2.63. The maximum atomic E-state index is 14.5. The van der Waals surface area contributed by atoms with Crippen molar-refractivity contribution in [3.05, 3.63) is 84.1 Å². The van der Waals surface area contributed by atoms with Crippen LogP contribution in [0.4, 0.5) is 0 Å². The molecule has 1 heterocycles. The number of Topliss-reactive ketones (excluding diaryl/α,β-unsaturated/α-hetero) is 1. The van der Waals surface area contributed by atoms with Crippen molar-refractivity contribution >= 4 is 29.6 Å². The van der Waals surface area contributed by atoms with Crippen LogP contribution < -0.4 is 5.32 Å². The Hall–Kier alpha value is -4.47. The number of aliphatic hydroxyl groups excluding tert-OH is 2. The van der Waals surface area contributed by atoms with E-state index < -0.39 is 107 Å². The second-order valence-electron chi connectivity index (χ2n) is 18.2. The van der Waals surface area contributed by atoms with Gasteiger partial charge in [-0.25, -0.2) is 4.79 Å². The number of ketones is 1. The van der Waals surface area contributed by atoms with E-state index in [4.69, 9.17) is 18.9 Å². The van der Waals surface area contributed by atoms with Gasteiger partial charge in [0.15, 0.2) is 5.78 Å². The molecule has 2 saturated carbocycles. The monoisotopic (exact) mass is 893 g/mol. The quantitative estimate of drug-likeness (QED) is 0.0566. The van der Waals surface area contributed by atoms with Gasteiger partial charge >= 0.3 is 17.9 Å². The molecule has 14 heteroatoms. The van der Waals surface area contributed by atoms with Crippen LogP contribution in [-0.2, 0) is 42.9 Å². The van der Waals surface area contributed by atoms with Crippen LogP contribution in [0.2, 0.25) is 0 Å². The number of hydrogen-bond acceptors (Lipinski definition) is 13. The largest absolute Gasteiger partial charge is 0.459 e. The number of hydrogen-bond donors (Lipinski definition) is 5. The van der Waals surface area contributed by atoms with E-state index in [1.54, 1.807) is 13.8 Å². The predicted molar refractivity (Wildman–Crippen MR) is 240 cm³/mol. The minimum atomic E-state index is -2.24. The zero-order valence-electron chi connectivity index (χ0n) is 38.8. The number of nitrogens with one attached hydrogen (secondary N) is 1. The average Bonchev–Trinajstić information content (AvgIpc) is 3.22. The van der Waals surface area contributed by atoms with Gasteiger partial charge in [-0.05, 0) is 76.9 Å². The van der Waals surface area contributed by atoms with Crippen LogP contribution in [0.25, 0.3) is 0 Å². The molecule has 14 nitrogen and oxygen atoms in total. The lowest BCUT2D eigenvalue weighted by atomic mass is 9.45. The molecule has 0 spiro atoms. The second kappa shape index (κ2) is 22.6. The molecule has 0 aromatic heterocycles. The molecular formula is C50H71NO13. The molecule has 3 fully saturated rings. The van der Waals surface area contributed by atoms with Gasteiger partial charge in [-0.3, -0.25) is 19.2 Å². The van der Waals surface area contributed by atoms with E-state index >= 15 is 0 Å². The number of aliphatic hydroxyl groups is 4. The Morgan fingerprint density at radius 3 is 1.86 bits per heavy atom. The molecule has 1 saturated heterocycles. The van der Waals surface area contributed by atoms with E-state index in [1.807, 2.05) is 18.2 Å². The lowest BCUT2D eigenvalue weighted by molar-refractivity contribution is -0.345. The van der Waals surface area contributed by atoms with Gasteiger partial charge in [-0.15, -0.1) is 0 Å². The van der Waals surface area contributed by atoms with Crippen molar-refractivity contribution in [3.8, 4) is 0 Å². The summed E-state index contributed by atoms with van der Waals surface area (Å²) in [5, 5.41) is 51.1. The van der Waals surface area contributed by atoms with Crippen molar-refractivity contribution in [3.63, 3.8) is 0 Å². The fraction of sp³-hybridized carbons (Fsp3) is 0.620. The molecule has 0 radical (unpaired) electrons. The van der Waals surface area contributed by atoms with Gasteiger partial charge in [0.2, 0.25) is 12.0 Å². The van der Waals surface area contributed by atoms with Crippen LogP contribution in [0.5, 0.6) is 0 Å². The Bertz CT molecular complexity index is 1910. The van der Waals surface area contributed by atoms with E-state index in [-0.39, 0.29) is 30.6 Å². The molecule has 0 aromatic rings. The number of carbonyl (C=O) groups excluding carboxylic acids is 5. The minimum absolute atomic E-state index is 0.0214. The summed E-state index contributed by atoms with van der Waals surface area (Å²) < 4.78 is 23.1. The summed E-state index contributed by atoms with van der Waals surface area (Å²) in [4.78, 5) is 66.7. The Morgan fingerprint density at radius 1 is 0.844 bits per heavy atom. The van der Waals surface area contributed by atoms with Crippen LogP contribution in [-0.4, -0.2) is 110 Å². The standard InChI is InChI=1S/C50H71NO13/c1-9-10-11-12-13-14-15-16-17-18-19-20-21-22-23-24-25-26-27-28-39(55)64-42(33(3)51-34(4)52)46(58)63-36-30-50(60)45(62-35(5)53)43-48(8,37(54)29-38-49(43,59)31-61-38)44(57)41(56)40(32(36)2)47(50,6)7/h10-11,13-14,16-17,19-20,22-23,25-26,33,36-38,41-43,45,54,56,59-60H,9,12,15,18,21,24,27-31H2,1-8H3,(H,51,52)/b11-10-,14-13-,17-16-,20-19-,23-22-,26-25-/t33-,36?,37-,38+,41+,42?,43-,45-,48+,49-,50+/m0/s1. The molecule has 5 N–H and O–H groups in total. The highest BCUT2D eigenvalue weighted by Gasteiger charge is 2.76. The number of ether oxygens (including phenoxy) is 4. The smallest absolute Gasteiger partial charge is 0.350 e. The highest BCUT2D eigenvalue weighted by atomic mass is 16.6. The average molecular weight is 894 g/mol. The van der Waals surface area contributed by atoms with Gasteiger partial charge in [0.05, 0.1) is 30.3 Å². The molecule has 354 valence electrons. The molecular weight excluding hydrogens is 823 g/mol. The number of esters is 3. The van der Waals surface area contributed by atoms with E-state index in [0.29, 0.717) is 12.8 Å². The summed E-state index contributed by atoms with van der Waals surface area (Å²) in [5.41, 5.74) is -7.39. The molecule has 3 aliphatic carbocycles. The molecule has 1 amide bonds. The molecule has 4 rings (SSSR count). The fourth-order valence-corrected chi connectivity index (χ4v) is 9.80. The number of rotatable bonds is 20. The summed E-state index contributed by atoms with van der Waals surface area (Å²) in [6, 6.07) is -1.06. The van der Waals surface area contributed by atoms with E-state index in [2.05, 4.69) is 66.9 Å². The highest BCUT2D eigenvalue weighted by molar-refractivity contribution is 5.93. The van der Waals surface area contributed by atoms with Crippen LogP contribution in [0, 0.1) is 16.7 Å². The first-order valence-electron chi connectivity index (χ1n) is 22.6. The Kier molecular flexibility index (Phi) is 18.4. The van der Waals surface area contributed by atoms with Crippen molar-refractivity contribution in [2.24, 2.45) is 16.7 Å². The molecule has 2 bridgehead atoms. The number of fused-ring (bicyclic) bond motifs is 5. The van der Waals surface area contributed by atoms with Crippen molar-refractivity contribution in [1.82, 2.24) is 5.32 Å². The number of allylic oxidation sites excluding steroid dienone is 12. The van der Waals surface area contributed by atoms with Crippen molar-refractivity contribution in [1.29, 1.82) is 0 Å². The van der Waals surface area contributed by atoms with Crippen molar-refractivity contribution in [2.75, 3.05) is 6.61 Å². The van der Waals surface area contributed by atoms with Crippen LogP contribution in [0.15, 0.2) is 84.1 Å². The summed E-state index contributed by atoms with van der Waals surface area (Å²) >= 11 is 0. The minimum Gasteiger partial charge on any atom is -0.459 e. The van der Waals surface area contributed by atoms with Gasteiger partial charge in [-0.1, -0.05) is 93.7 Å². The number of carbonyl (C=O) groups is 5. The van der Waals surface area contributed by atoms with Crippen LogP contribution in [0.3, 0.4) is 0 Å². The summed E-state index contributed by atoms with van der Waals surface area (Å²) in [5.74, 6) is -5.53. The maximum absolute atomic E-state index is 14.5. The predicted octanol–water partition coefficient (Wildman–Crippen LogP) is 5.68. The fourth-order valence-electron chi connectivity index (χ4n) is 9.80.